The van der Waals surface area contributed by atoms with Gasteiger partial charge in [0.1, 0.15) is 5.54 Å². The van der Waals surface area contributed by atoms with Crippen LogP contribution in [0.15, 0.2) is 48.5 Å². The maximum atomic E-state index is 13.0. The van der Waals surface area contributed by atoms with E-state index in [0.717, 1.165) is 16.0 Å². The number of nitrogens with one attached hydrogen (secondary N) is 1. The summed E-state index contributed by atoms with van der Waals surface area (Å²) in [5, 5.41) is 13.5. The summed E-state index contributed by atoms with van der Waals surface area (Å²) in [6.45, 7) is 5.92. The molecule has 1 aliphatic rings. The molecule has 140 valence electrons. The van der Waals surface area contributed by atoms with Gasteiger partial charge in [0.2, 0.25) is 0 Å². The van der Waals surface area contributed by atoms with Crippen molar-refractivity contribution in [3.05, 3.63) is 75.3 Å². The number of nitro benzene ring substituents is 1. The van der Waals surface area contributed by atoms with Gasteiger partial charge >= 0.3 is 6.03 Å². The average molecular weight is 367 g/mol. The Balaban J connectivity index is 1.82. The highest BCUT2D eigenvalue weighted by atomic mass is 16.6. The monoisotopic (exact) mass is 367 g/mol. The molecule has 2 aromatic carbocycles. The van der Waals surface area contributed by atoms with E-state index in [1.54, 1.807) is 19.1 Å². The molecular formula is C20H21N3O4. The highest BCUT2D eigenvalue weighted by Gasteiger charge is 2.48. The molecule has 1 atom stereocenters. The summed E-state index contributed by atoms with van der Waals surface area (Å²) in [6, 6.07) is 13.0. The molecule has 0 radical (unpaired) electrons. The van der Waals surface area contributed by atoms with Crippen LogP contribution in [0.1, 0.15) is 43.4 Å². The molecule has 0 bridgehead atoms. The summed E-state index contributed by atoms with van der Waals surface area (Å²) in [5.74, 6) is 0.0301. The fourth-order valence-electron chi connectivity index (χ4n) is 3.14. The summed E-state index contributed by atoms with van der Waals surface area (Å²) in [6.07, 6.45) is 0. The van der Waals surface area contributed by atoms with Crippen molar-refractivity contribution in [3.8, 4) is 0 Å². The van der Waals surface area contributed by atoms with Crippen molar-refractivity contribution in [2.75, 3.05) is 0 Å². The van der Waals surface area contributed by atoms with Crippen LogP contribution in [0.4, 0.5) is 10.5 Å². The van der Waals surface area contributed by atoms with Gasteiger partial charge in [-0.1, -0.05) is 50.2 Å². The molecule has 0 spiro atoms. The van der Waals surface area contributed by atoms with Gasteiger partial charge in [-0.25, -0.2) is 4.79 Å². The fraction of sp³-hybridized carbons (Fsp3) is 0.300. The van der Waals surface area contributed by atoms with Crippen molar-refractivity contribution in [2.24, 2.45) is 0 Å². The van der Waals surface area contributed by atoms with E-state index >= 15 is 0 Å². The molecule has 2 aromatic rings. The second kappa shape index (κ2) is 6.83. The van der Waals surface area contributed by atoms with Crippen molar-refractivity contribution in [2.45, 2.75) is 38.8 Å². The minimum atomic E-state index is -1.13. The number of non-ortho nitro benzene ring substituents is 1. The fourth-order valence-corrected chi connectivity index (χ4v) is 3.14. The lowest BCUT2D eigenvalue weighted by molar-refractivity contribution is -0.384. The van der Waals surface area contributed by atoms with Gasteiger partial charge in [0.25, 0.3) is 11.6 Å². The number of hydrogen-bond donors (Lipinski definition) is 1. The molecule has 1 aliphatic heterocycles. The van der Waals surface area contributed by atoms with E-state index in [1.807, 2.05) is 24.3 Å². The topological polar surface area (TPSA) is 92.6 Å². The molecular weight excluding hydrogens is 346 g/mol. The first-order chi connectivity index (χ1) is 12.7. The van der Waals surface area contributed by atoms with E-state index < -0.39 is 16.5 Å². The summed E-state index contributed by atoms with van der Waals surface area (Å²) < 4.78 is 0. The molecule has 3 rings (SSSR count). The second-order valence-electron chi connectivity index (χ2n) is 7.15. The molecule has 1 fully saturated rings. The average Bonchev–Trinajstić information content (AvgIpc) is 2.86. The lowest BCUT2D eigenvalue weighted by atomic mass is 9.90. The molecule has 1 saturated heterocycles. The molecule has 7 heteroatoms. The Morgan fingerprint density at radius 1 is 1.07 bits per heavy atom. The van der Waals surface area contributed by atoms with E-state index in [-0.39, 0.29) is 18.1 Å². The molecule has 0 aromatic heterocycles. The van der Waals surface area contributed by atoms with Gasteiger partial charge < -0.3 is 5.32 Å². The Morgan fingerprint density at radius 3 is 2.19 bits per heavy atom. The predicted octanol–water partition coefficient (Wildman–Crippen LogP) is 3.69. The summed E-state index contributed by atoms with van der Waals surface area (Å²) in [4.78, 5) is 36.8. The normalized spacial score (nSPS) is 19.5. The number of nitro groups is 1. The number of carbonyl (C=O) groups is 2. The summed E-state index contributed by atoms with van der Waals surface area (Å²) >= 11 is 0. The van der Waals surface area contributed by atoms with Gasteiger partial charge in [-0.3, -0.25) is 19.8 Å². The van der Waals surface area contributed by atoms with Gasteiger partial charge in [-0.2, -0.15) is 0 Å². The number of urea groups is 1. The Kier molecular flexibility index (Phi) is 4.70. The van der Waals surface area contributed by atoms with Gasteiger partial charge in [0.15, 0.2) is 0 Å². The Hall–Kier alpha value is -3.22. The smallest absolute Gasteiger partial charge is 0.319 e. The van der Waals surface area contributed by atoms with Crippen LogP contribution in [-0.2, 0) is 16.9 Å². The SMILES string of the molecule is CC(C)c1ccc([C@]2(C)NC(=O)N(Cc3ccc([N+](=O)[O-])cc3)C2=O)cc1. The Morgan fingerprint density at radius 2 is 1.67 bits per heavy atom. The molecule has 1 heterocycles. The van der Waals surface area contributed by atoms with Crippen LogP contribution >= 0.6 is 0 Å². The zero-order chi connectivity index (χ0) is 19.8. The first-order valence-electron chi connectivity index (χ1n) is 8.70. The van der Waals surface area contributed by atoms with E-state index in [4.69, 9.17) is 0 Å². The van der Waals surface area contributed by atoms with Gasteiger partial charge in [-0.15, -0.1) is 0 Å². The van der Waals surface area contributed by atoms with Crippen LogP contribution in [0.3, 0.4) is 0 Å². The number of amides is 3. The lowest BCUT2D eigenvalue weighted by Crippen LogP contribution is -2.40. The zero-order valence-corrected chi connectivity index (χ0v) is 15.4. The van der Waals surface area contributed by atoms with E-state index in [2.05, 4.69) is 19.2 Å². The van der Waals surface area contributed by atoms with Crippen molar-refractivity contribution in [1.82, 2.24) is 10.2 Å². The molecule has 0 unspecified atom stereocenters. The first-order valence-corrected chi connectivity index (χ1v) is 8.70. The van der Waals surface area contributed by atoms with Crippen LogP contribution in [0.5, 0.6) is 0 Å². The molecule has 1 N–H and O–H groups in total. The summed E-state index contributed by atoms with van der Waals surface area (Å²) in [5.41, 5.74) is 1.35. The number of carbonyl (C=O) groups excluding carboxylic acids is 2. The molecule has 0 saturated carbocycles. The Labute approximate surface area is 157 Å². The van der Waals surface area contributed by atoms with Crippen LogP contribution in [-0.4, -0.2) is 21.8 Å². The highest BCUT2D eigenvalue weighted by Crippen LogP contribution is 2.31. The number of rotatable bonds is 5. The molecule has 27 heavy (non-hydrogen) atoms. The number of benzene rings is 2. The van der Waals surface area contributed by atoms with Crippen LogP contribution in [0.25, 0.3) is 0 Å². The largest absolute Gasteiger partial charge is 0.325 e. The standard InChI is InChI=1S/C20H21N3O4/c1-13(2)15-6-8-16(9-7-15)20(3)18(24)22(19(25)21-20)12-14-4-10-17(11-5-14)23(26)27/h4-11,13H,12H2,1-3H3,(H,21,25)/t20-/m0/s1. The quantitative estimate of drug-likeness (QED) is 0.495. The number of nitrogens with zero attached hydrogens (tertiary/aromatic N) is 2. The van der Waals surface area contributed by atoms with Gasteiger partial charge in [0, 0.05) is 12.1 Å². The molecule has 3 amide bonds. The van der Waals surface area contributed by atoms with Crippen LogP contribution in [0.2, 0.25) is 0 Å². The van der Waals surface area contributed by atoms with Crippen molar-refractivity contribution >= 4 is 17.6 Å². The van der Waals surface area contributed by atoms with E-state index in [9.17, 15) is 19.7 Å². The van der Waals surface area contributed by atoms with Crippen LogP contribution < -0.4 is 5.32 Å². The van der Waals surface area contributed by atoms with Crippen LogP contribution in [0, 0.1) is 10.1 Å². The molecule has 0 aliphatic carbocycles. The Bertz CT molecular complexity index is 890. The third kappa shape index (κ3) is 3.40. The summed E-state index contributed by atoms with van der Waals surface area (Å²) in [7, 11) is 0. The third-order valence-corrected chi connectivity index (χ3v) is 4.92. The zero-order valence-electron chi connectivity index (χ0n) is 15.4. The van der Waals surface area contributed by atoms with Gasteiger partial charge in [0.05, 0.1) is 11.5 Å². The van der Waals surface area contributed by atoms with Crippen molar-refractivity contribution in [3.63, 3.8) is 0 Å². The van der Waals surface area contributed by atoms with E-state index in [0.29, 0.717) is 11.5 Å². The van der Waals surface area contributed by atoms with Crippen molar-refractivity contribution in [1.29, 1.82) is 0 Å². The molecule has 7 nitrogen and oxygen atoms in total. The lowest BCUT2D eigenvalue weighted by Gasteiger charge is -2.23. The minimum absolute atomic E-state index is 0.0361. The predicted molar refractivity (Wildman–Crippen MR) is 100 cm³/mol. The number of hydrogen-bond acceptors (Lipinski definition) is 4. The van der Waals surface area contributed by atoms with Gasteiger partial charge in [-0.05, 0) is 29.5 Å². The maximum Gasteiger partial charge on any atom is 0.325 e. The second-order valence-corrected chi connectivity index (χ2v) is 7.15. The first kappa shape index (κ1) is 18.6. The third-order valence-electron chi connectivity index (χ3n) is 4.92. The highest BCUT2D eigenvalue weighted by molar-refractivity contribution is 6.07. The van der Waals surface area contributed by atoms with E-state index in [1.165, 1.54) is 12.1 Å². The number of imide groups is 1. The minimum Gasteiger partial charge on any atom is -0.319 e. The van der Waals surface area contributed by atoms with Crippen molar-refractivity contribution < 1.29 is 14.5 Å². The maximum absolute atomic E-state index is 13.0.